The lowest BCUT2D eigenvalue weighted by molar-refractivity contribution is -0.133. The first kappa shape index (κ1) is 21.5. The molecule has 4 heterocycles. The Morgan fingerprint density at radius 1 is 1.19 bits per heavy atom. The molecule has 5 rings (SSSR count). The fourth-order valence-electron chi connectivity index (χ4n) is 5.49. The van der Waals surface area contributed by atoms with Crippen molar-refractivity contribution in [2.75, 3.05) is 39.4 Å². The molecule has 2 amide bonds. The molecule has 8 nitrogen and oxygen atoms in total. The van der Waals surface area contributed by atoms with Gasteiger partial charge in [0, 0.05) is 44.4 Å². The molecule has 2 fully saturated rings. The first-order chi connectivity index (χ1) is 15.6. The van der Waals surface area contributed by atoms with Gasteiger partial charge < -0.3 is 23.9 Å². The van der Waals surface area contributed by atoms with Crippen molar-refractivity contribution in [2.24, 2.45) is 0 Å². The number of furan rings is 1. The first-order valence-electron chi connectivity index (χ1n) is 12.1. The molecular weight excluding hydrogens is 408 g/mol. The molecule has 0 radical (unpaired) electrons. The maximum absolute atomic E-state index is 13.6. The number of nitrogens with one attached hydrogen (secondary N) is 1. The van der Waals surface area contributed by atoms with Crippen LogP contribution in [0.3, 0.4) is 0 Å². The second-order valence-electron chi connectivity index (χ2n) is 9.63. The van der Waals surface area contributed by atoms with Crippen LogP contribution in [0.25, 0.3) is 11.1 Å². The summed E-state index contributed by atoms with van der Waals surface area (Å²) < 4.78 is 13.0. The van der Waals surface area contributed by atoms with Gasteiger partial charge in [0.25, 0.3) is 5.91 Å². The van der Waals surface area contributed by atoms with Crippen LogP contribution < -0.4 is 5.32 Å². The number of hydrogen-bond donors (Lipinski definition) is 1. The largest absolute Gasteiger partial charge is 0.463 e. The highest BCUT2D eigenvalue weighted by atomic mass is 16.5. The summed E-state index contributed by atoms with van der Waals surface area (Å²) in [5.74, 6) is -0.133. The monoisotopic (exact) mass is 442 g/mol. The third-order valence-corrected chi connectivity index (χ3v) is 7.44. The van der Waals surface area contributed by atoms with E-state index < -0.39 is 5.54 Å². The molecule has 8 heteroatoms. The van der Waals surface area contributed by atoms with E-state index in [9.17, 15) is 9.59 Å². The van der Waals surface area contributed by atoms with Crippen LogP contribution in [0.5, 0.6) is 0 Å². The lowest BCUT2D eigenvalue weighted by Gasteiger charge is -2.45. The molecule has 1 saturated heterocycles. The van der Waals surface area contributed by atoms with E-state index in [0.717, 1.165) is 70.5 Å². The van der Waals surface area contributed by atoms with Crippen molar-refractivity contribution in [3.8, 4) is 0 Å². The standard InChI is InChI=1S/C24H34N4O4/c1-24(23(30)25-18-6-3-2-4-7-18)17-27-19-8-13-32-21(19)16-20(27)22(29)28(24)10-5-9-26-11-14-31-15-12-26/h8,13,16,18H,2-7,9-12,14-15,17H2,1H3,(H,25,30)/t24-/m1/s1. The number of morpholine rings is 1. The average Bonchev–Trinajstić information content (AvgIpc) is 3.40. The maximum atomic E-state index is 13.6. The molecule has 1 N–H and O–H groups in total. The van der Waals surface area contributed by atoms with Crippen LogP contribution in [-0.4, -0.2) is 77.2 Å². The van der Waals surface area contributed by atoms with E-state index in [1.807, 2.05) is 23.6 Å². The van der Waals surface area contributed by atoms with Crippen molar-refractivity contribution in [1.29, 1.82) is 0 Å². The van der Waals surface area contributed by atoms with Crippen LogP contribution in [0.4, 0.5) is 0 Å². The Labute approximate surface area is 188 Å². The summed E-state index contributed by atoms with van der Waals surface area (Å²) in [6.07, 6.45) is 8.05. The lowest BCUT2D eigenvalue weighted by atomic mass is 9.91. The summed E-state index contributed by atoms with van der Waals surface area (Å²) >= 11 is 0. The molecule has 1 aliphatic carbocycles. The highest BCUT2D eigenvalue weighted by molar-refractivity contribution is 6.02. The number of hydrogen-bond acceptors (Lipinski definition) is 5. The third kappa shape index (κ3) is 3.94. The Balaban J connectivity index is 1.38. The van der Waals surface area contributed by atoms with Crippen LogP contribution >= 0.6 is 0 Å². The normalized spacial score (nSPS) is 25.3. The summed E-state index contributed by atoms with van der Waals surface area (Å²) in [6, 6.07) is 3.89. The van der Waals surface area contributed by atoms with Crippen molar-refractivity contribution in [2.45, 2.75) is 63.6 Å². The molecule has 2 aliphatic heterocycles. The van der Waals surface area contributed by atoms with E-state index in [-0.39, 0.29) is 17.9 Å². The number of carbonyl (C=O) groups is 2. The number of aromatic nitrogens is 1. The SMILES string of the molecule is C[C@]1(C(=O)NC2CCCCC2)Cn2c(cc3occc32)C(=O)N1CCCN1CCOCC1. The van der Waals surface area contributed by atoms with Crippen LogP contribution in [0.2, 0.25) is 0 Å². The van der Waals surface area contributed by atoms with Gasteiger partial charge in [-0.2, -0.15) is 0 Å². The van der Waals surface area contributed by atoms with E-state index in [2.05, 4.69) is 10.2 Å². The van der Waals surface area contributed by atoms with Crippen molar-refractivity contribution < 1.29 is 18.7 Å². The lowest BCUT2D eigenvalue weighted by Crippen LogP contribution is -2.65. The molecule has 2 aromatic heterocycles. The third-order valence-electron chi connectivity index (χ3n) is 7.44. The zero-order chi connectivity index (χ0) is 22.1. The zero-order valence-electron chi connectivity index (χ0n) is 19.0. The molecule has 3 aliphatic rings. The highest BCUT2D eigenvalue weighted by Gasteiger charge is 2.48. The average molecular weight is 443 g/mol. The summed E-state index contributed by atoms with van der Waals surface area (Å²) in [5, 5.41) is 3.29. The zero-order valence-corrected chi connectivity index (χ0v) is 19.0. The predicted octanol–water partition coefficient (Wildman–Crippen LogP) is 2.62. The quantitative estimate of drug-likeness (QED) is 0.744. The number of ether oxygens (including phenoxy) is 1. The van der Waals surface area contributed by atoms with Gasteiger partial charge in [-0.3, -0.25) is 14.5 Å². The summed E-state index contributed by atoms with van der Waals surface area (Å²) in [4.78, 5) is 31.4. The molecule has 0 unspecified atom stereocenters. The second-order valence-corrected chi connectivity index (χ2v) is 9.63. The van der Waals surface area contributed by atoms with Crippen LogP contribution in [-0.2, 0) is 16.1 Å². The molecule has 1 saturated carbocycles. The van der Waals surface area contributed by atoms with Gasteiger partial charge >= 0.3 is 0 Å². The summed E-state index contributed by atoms with van der Waals surface area (Å²) in [5.41, 5.74) is 1.24. The van der Waals surface area contributed by atoms with Crippen LogP contribution in [0.1, 0.15) is 55.9 Å². The first-order valence-corrected chi connectivity index (χ1v) is 12.1. The van der Waals surface area contributed by atoms with E-state index in [4.69, 9.17) is 9.15 Å². The molecule has 2 aromatic rings. The Hall–Kier alpha value is -2.32. The van der Waals surface area contributed by atoms with E-state index >= 15 is 0 Å². The number of carbonyl (C=O) groups excluding carboxylic acids is 2. The van der Waals surface area contributed by atoms with Gasteiger partial charge in [0.15, 0.2) is 5.58 Å². The number of nitrogens with zero attached hydrogens (tertiary/aromatic N) is 3. The minimum atomic E-state index is -0.935. The molecule has 0 spiro atoms. The number of rotatable bonds is 6. The van der Waals surface area contributed by atoms with Gasteiger partial charge in [-0.25, -0.2) is 0 Å². The molecular formula is C24H34N4O4. The van der Waals surface area contributed by atoms with Gasteiger partial charge in [0.2, 0.25) is 5.91 Å². The molecule has 0 bridgehead atoms. The predicted molar refractivity (Wildman–Crippen MR) is 121 cm³/mol. The van der Waals surface area contributed by atoms with E-state index in [0.29, 0.717) is 24.4 Å². The van der Waals surface area contributed by atoms with Crippen molar-refractivity contribution in [3.05, 3.63) is 24.1 Å². The Morgan fingerprint density at radius 2 is 1.97 bits per heavy atom. The number of fused-ring (bicyclic) bond motifs is 3. The van der Waals surface area contributed by atoms with Crippen LogP contribution in [0.15, 0.2) is 22.8 Å². The van der Waals surface area contributed by atoms with Gasteiger partial charge in [-0.1, -0.05) is 19.3 Å². The van der Waals surface area contributed by atoms with Gasteiger partial charge in [0.05, 0.1) is 31.5 Å². The van der Waals surface area contributed by atoms with Crippen LogP contribution in [0, 0.1) is 0 Å². The summed E-state index contributed by atoms with van der Waals surface area (Å²) in [7, 11) is 0. The fraction of sp³-hybridized carbons (Fsp3) is 0.667. The van der Waals surface area contributed by atoms with Gasteiger partial charge in [0.1, 0.15) is 11.2 Å². The Kier molecular flexibility index (Phi) is 5.99. The van der Waals surface area contributed by atoms with E-state index in [1.54, 1.807) is 11.2 Å². The topological polar surface area (TPSA) is 80.0 Å². The molecule has 0 aromatic carbocycles. The number of amides is 2. The molecule has 174 valence electrons. The summed E-state index contributed by atoms with van der Waals surface area (Å²) in [6.45, 7) is 7.18. The van der Waals surface area contributed by atoms with Gasteiger partial charge in [-0.15, -0.1) is 0 Å². The molecule has 1 atom stereocenters. The minimum Gasteiger partial charge on any atom is -0.463 e. The van der Waals surface area contributed by atoms with E-state index in [1.165, 1.54) is 6.42 Å². The highest BCUT2D eigenvalue weighted by Crippen LogP contribution is 2.33. The van der Waals surface area contributed by atoms with Crippen molar-refractivity contribution in [3.63, 3.8) is 0 Å². The molecule has 32 heavy (non-hydrogen) atoms. The smallest absolute Gasteiger partial charge is 0.271 e. The van der Waals surface area contributed by atoms with Gasteiger partial charge in [-0.05, 0) is 26.2 Å². The van der Waals surface area contributed by atoms with Crippen molar-refractivity contribution in [1.82, 2.24) is 19.7 Å². The Morgan fingerprint density at radius 3 is 2.75 bits per heavy atom. The Bertz CT molecular complexity index is 970. The second kappa shape index (κ2) is 8.90. The fourth-order valence-corrected chi connectivity index (χ4v) is 5.49. The minimum absolute atomic E-state index is 0.0416. The van der Waals surface area contributed by atoms with Crippen molar-refractivity contribution >= 4 is 22.9 Å². The maximum Gasteiger partial charge on any atom is 0.271 e.